The summed E-state index contributed by atoms with van der Waals surface area (Å²) >= 11 is 0. The Balaban J connectivity index is 2.36. The van der Waals surface area contributed by atoms with Crippen LogP contribution in [0.25, 0.3) is 0 Å². The zero-order chi connectivity index (χ0) is 22.8. The van der Waals surface area contributed by atoms with Gasteiger partial charge in [-0.25, -0.2) is 0 Å². The largest absolute Gasteiger partial charge is 0.379 e. The highest BCUT2D eigenvalue weighted by atomic mass is 16.5. The van der Waals surface area contributed by atoms with Gasteiger partial charge in [-0.2, -0.15) is 4.99 Å². The molecule has 11 heteroatoms. The lowest BCUT2D eigenvalue weighted by Crippen LogP contribution is -2.55. The third-order valence-electron chi connectivity index (χ3n) is 4.55. The lowest BCUT2D eigenvalue weighted by Gasteiger charge is -2.31. The quantitative estimate of drug-likeness (QED) is 0.193. The van der Waals surface area contributed by atoms with Gasteiger partial charge in [0.25, 0.3) is 5.91 Å². The first kappa shape index (κ1) is 27.4. The molecule has 0 unspecified atom stereocenters. The van der Waals surface area contributed by atoms with Crippen molar-refractivity contribution in [2.45, 2.75) is 26.7 Å². The summed E-state index contributed by atoms with van der Waals surface area (Å²) in [5.74, 6) is -1.27. The molecule has 0 aromatic carbocycles. The summed E-state index contributed by atoms with van der Waals surface area (Å²) in [6.45, 7) is 9.07. The Morgan fingerprint density at radius 2 is 1.10 bits per heavy atom. The predicted octanol–water partition coefficient (Wildman–Crippen LogP) is -0.136. The van der Waals surface area contributed by atoms with Gasteiger partial charge in [-0.15, -0.1) is 0 Å². The highest BCUT2D eigenvalue weighted by Gasteiger charge is 2.48. The minimum Gasteiger partial charge on any atom is -0.379 e. The number of amides is 2. The van der Waals surface area contributed by atoms with Crippen molar-refractivity contribution >= 4 is 17.8 Å². The smallest absolute Gasteiger partial charge is 0.264 e. The first-order chi connectivity index (χ1) is 15.1. The molecule has 31 heavy (non-hydrogen) atoms. The van der Waals surface area contributed by atoms with E-state index in [2.05, 4.69) is 10.3 Å². The average Bonchev–Trinajstić information content (AvgIpc) is 2.74. The van der Waals surface area contributed by atoms with Crippen LogP contribution in [0, 0.1) is 5.41 Å². The molecule has 0 aromatic heterocycles. The Kier molecular flexibility index (Phi) is 15.0. The van der Waals surface area contributed by atoms with Gasteiger partial charge in [0.05, 0.1) is 52.9 Å². The standard InChI is InChI=1S/C20H37N3O8/c1-3-26-9-11-30-15-13-28-7-5-20(17(24)22-19(21)23-18(20)25)6-8-29-14-16-31-12-10-27-4-2/h3-16H2,1-2H3,(H3,21,22,23,24,25). The fourth-order valence-electron chi connectivity index (χ4n) is 2.80. The molecular formula is C20H37N3O8. The maximum atomic E-state index is 12.6. The summed E-state index contributed by atoms with van der Waals surface area (Å²) in [5.41, 5.74) is 4.14. The van der Waals surface area contributed by atoms with Crippen LogP contribution in [0.1, 0.15) is 26.7 Å². The third-order valence-corrected chi connectivity index (χ3v) is 4.55. The van der Waals surface area contributed by atoms with Crippen LogP contribution in [0.5, 0.6) is 0 Å². The summed E-state index contributed by atoms with van der Waals surface area (Å²) in [6, 6.07) is 0. The summed E-state index contributed by atoms with van der Waals surface area (Å²) in [4.78, 5) is 28.9. The van der Waals surface area contributed by atoms with Crippen LogP contribution in [0.4, 0.5) is 0 Å². The Morgan fingerprint density at radius 1 is 0.710 bits per heavy atom. The number of rotatable bonds is 20. The molecule has 0 saturated heterocycles. The molecule has 0 saturated carbocycles. The molecule has 0 aliphatic carbocycles. The van der Waals surface area contributed by atoms with E-state index in [1.165, 1.54) is 0 Å². The molecule has 0 bridgehead atoms. The second-order valence-electron chi connectivity index (χ2n) is 6.68. The monoisotopic (exact) mass is 447 g/mol. The Morgan fingerprint density at radius 3 is 1.48 bits per heavy atom. The van der Waals surface area contributed by atoms with Gasteiger partial charge in [-0.3, -0.25) is 14.9 Å². The number of aliphatic imine (C=N–C) groups is 1. The number of hydrogen-bond acceptors (Lipinski definition) is 9. The highest BCUT2D eigenvalue weighted by Crippen LogP contribution is 2.31. The number of nitrogens with one attached hydrogen (secondary N) is 1. The summed E-state index contributed by atoms with van der Waals surface area (Å²) < 4.78 is 32.2. The van der Waals surface area contributed by atoms with E-state index < -0.39 is 17.2 Å². The van der Waals surface area contributed by atoms with Gasteiger partial charge in [0.15, 0.2) is 0 Å². The van der Waals surface area contributed by atoms with E-state index >= 15 is 0 Å². The Hall–Kier alpha value is -1.63. The first-order valence-corrected chi connectivity index (χ1v) is 10.7. The van der Waals surface area contributed by atoms with Crippen molar-refractivity contribution in [3.8, 4) is 0 Å². The van der Waals surface area contributed by atoms with E-state index in [4.69, 9.17) is 34.2 Å². The maximum Gasteiger partial charge on any atom is 0.264 e. The van der Waals surface area contributed by atoms with Crippen molar-refractivity contribution in [2.75, 3.05) is 79.3 Å². The Bertz CT molecular complexity index is 523. The number of carbonyl (C=O) groups is 2. The van der Waals surface area contributed by atoms with E-state index in [0.717, 1.165) is 0 Å². The van der Waals surface area contributed by atoms with Crippen molar-refractivity contribution in [3.05, 3.63) is 0 Å². The van der Waals surface area contributed by atoms with Crippen molar-refractivity contribution < 1.29 is 38.0 Å². The summed E-state index contributed by atoms with van der Waals surface area (Å²) in [6.07, 6.45) is 0.337. The normalized spacial score (nSPS) is 15.7. The third kappa shape index (κ3) is 11.0. The molecule has 0 spiro atoms. The van der Waals surface area contributed by atoms with Crippen LogP contribution >= 0.6 is 0 Å². The zero-order valence-electron chi connectivity index (χ0n) is 18.7. The van der Waals surface area contributed by atoms with Crippen molar-refractivity contribution in [3.63, 3.8) is 0 Å². The molecule has 0 aromatic rings. The van der Waals surface area contributed by atoms with Crippen LogP contribution in [0.15, 0.2) is 4.99 Å². The average molecular weight is 448 g/mol. The van der Waals surface area contributed by atoms with Crippen LogP contribution < -0.4 is 11.1 Å². The topological polar surface area (TPSA) is 140 Å². The summed E-state index contributed by atoms with van der Waals surface area (Å²) in [7, 11) is 0. The number of ether oxygens (including phenoxy) is 6. The van der Waals surface area contributed by atoms with Crippen LogP contribution in [0.2, 0.25) is 0 Å². The fourth-order valence-corrected chi connectivity index (χ4v) is 2.80. The maximum absolute atomic E-state index is 12.6. The van der Waals surface area contributed by atoms with Gasteiger partial charge < -0.3 is 34.2 Å². The lowest BCUT2D eigenvalue weighted by atomic mass is 9.79. The van der Waals surface area contributed by atoms with E-state index in [0.29, 0.717) is 66.1 Å². The molecular weight excluding hydrogens is 410 g/mol. The predicted molar refractivity (Wildman–Crippen MR) is 113 cm³/mol. The van der Waals surface area contributed by atoms with Crippen LogP contribution in [0.3, 0.4) is 0 Å². The van der Waals surface area contributed by atoms with Crippen molar-refractivity contribution in [1.29, 1.82) is 0 Å². The van der Waals surface area contributed by atoms with Crippen molar-refractivity contribution in [1.82, 2.24) is 5.32 Å². The first-order valence-electron chi connectivity index (χ1n) is 10.7. The van der Waals surface area contributed by atoms with Gasteiger partial charge in [0.2, 0.25) is 11.9 Å². The lowest BCUT2D eigenvalue weighted by molar-refractivity contribution is -0.145. The van der Waals surface area contributed by atoms with Crippen LogP contribution in [-0.2, 0) is 38.0 Å². The van der Waals surface area contributed by atoms with E-state index in [9.17, 15) is 9.59 Å². The van der Waals surface area contributed by atoms with Gasteiger partial charge in [-0.1, -0.05) is 0 Å². The minimum absolute atomic E-state index is 0.168. The molecule has 1 aliphatic rings. The van der Waals surface area contributed by atoms with Gasteiger partial charge in [0.1, 0.15) is 5.41 Å². The number of carbonyl (C=O) groups excluding carboxylic acids is 2. The van der Waals surface area contributed by atoms with Crippen LogP contribution in [-0.4, -0.2) is 97.1 Å². The second kappa shape index (κ2) is 17.0. The molecule has 3 N–H and O–H groups in total. The highest BCUT2D eigenvalue weighted by molar-refractivity contribution is 6.17. The molecule has 0 fully saturated rings. The van der Waals surface area contributed by atoms with Gasteiger partial charge in [-0.05, 0) is 26.7 Å². The second-order valence-corrected chi connectivity index (χ2v) is 6.68. The van der Waals surface area contributed by atoms with Gasteiger partial charge >= 0.3 is 0 Å². The van der Waals surface area contributed by atoms with E-state index in [-0.39, 0.29) is 32.0 Å². The number of nitrogens with two attached hydrogens (primary N) is 1. The number of guanidine groups is 1. The number of nitrogens with zero attached hydrogens (tertiary/aromatic N) is 1. The molecule has 0 radical (unpaired) electrons. The fraction of sp³-hybridized carbons (Fsp3) is 0.850. The summed E-state index contributed by atoms with van der Waals surface area (Å²) in [5, 5.41) is 2.44. The molecule has 1 heterocycles. The Labute approximate surface area is 183 Å². The molecule has 180 valence electrons. The molecule has 1 rings (SSSR count). The minimum atomic E-state index is -1.37. The molecule has 1 aliphatic heterocycles. The SMILES string of the molecule is CCOCCOCCOCCC1(CCOCCOCCOCC)C(=O)N=C(N)NC1=O. The zero-order valence-corrected chi connectivity index (χ0v) is 18.7. The van der Waals surface area contributed by atoms with E-state index in [1.807, 2.05) is 13.8 Å². The molecule has 2 amide bonds. The van der Waals surface area contributed by atoms with Crippen molar-refractivity contribution in [2.24, 2.45) is 16.1 Å². The number of hydrogen-bond donors (Lipinski definition) is 2. The molecule has 11 nitrogen and oxygen atoms in total. The van der Waals surface area contributed by atoms with E-state index in [1.54, 1.807) is 0 Å². The molecule has 0 atom stereocenters. The van der Waals surface area contributed by atoms with Gasteiger partial charge in [0, 0.05) is 26.4 Å².